The van der Waals surface area contributed by atoms with Gasteiger partial charge in [-0.3, -0.25) is 4.98 Å². The third kappa shape index (κ3) is 3.64. The first-order valence-electron chi connectivity index (χ1n) is 7.53. The van der Waals surface area contributed by atoms with Crippen LogP contribution in [0.25, 0.3) is 11.1 Å². The van der Waals surface area contributed by atoms with E-state index < -0.39 is 0 Å². The third-order valence-corrected chi connectivity index (χ3v) is 3.81. The summed E-state index contributed by atoms with van der Waals surface area (Å²) in [4.78, 5) is 8.46. The van der Waals surface area contributed by atoms with Crippen LogP contribution in [0.4, 0.5) is 0 Å². The van der Waals surface area contributed by atoms with E-state index in [1.807, 2.05) is 18.5 Å². The third-order valence-electron chi connectivity index (χ3n) is 3.81. The Morgan fingerprint density at radius 2 is 2.09 bits per heavy atom. The summed E-state index contributed by atoms with van der Waals surface area (Å²) in [6.45, 7) is 4.93. The number of aromatic nitrogens is 1. The molecular weight excluding hydrogens is 274 g/mol. The second-order valence-corrected chi connectivity index (χ2v) is 5.16. The molecule has 0 radical (unpaired) electrons. The highest BCUT2D eigenvalue weighted by Gasteiger charge is 2.10. The summed E-state index contributed by atoms with van der Waals surface area (Å²) in [6, 6.07) is 8.70. The number of ether oxygens (including phenoxy) is 1. The second kappa shape index (κ2) is 7.59. The van der Waals surface area contributed by atoms with Crippen molar-refractivity contribution in [3.05, 3.63) is 53.3 Å². The molecule has 0 unspecified atom stereocenters. The predicted octanol–water partition coefficient (Wildman–Crippen LogP) is 3.12. The molecule has 2 rings (SSSR count). The van der Waals surface area contributed by atoms with E-state index in [1.54, 1.807) is 0 Å². The second-order valence-electron chi connectivity index (χ2n) is 5.16. The summed E-state index contributed by atoms with van der Waals surface area (Å²) in [5.41, 5.74) is 11.9. The minimum atomic E-state index is 0.234. The molecule has 0 atom stereocenters. The van der Waals surface area contributed by atoms with Gasteiger partial charge in [-0.05, 0) is 48.1 Å². The first-order chi connectivity index (χ1) is 10.7. The van der Waals surface area contributed by atoms with E-state index in [-0.39, 0.29) is 6.02 Å². The van der Waals surface area contributed by atoms with Crippen LogP contribution in [0.5, 0.6) is 0 Å². The number of rotatable bonds is 5. The zero-order chi connectivity index (χ0) is 15.9. The highest BCUT2D eigenvalue weighted by molar-refractivity contribution is 5.72. The van der Waals surface area contributed by atoms with Crippen LogP contribution in [0.15, 0.2) is 41.7 Å². The fraction of sp³-hybridized carbons (Fsp3) is 0.333. The zero-order valence-corrected chi connectivity index (χ0v) is 13.5. The molecule has 1 heterocycles. The molecule has 0 bridgehead atoms. The van der Waals surface area contributed by atoms with Gasteiger partial charge in [0.1, 0.15) is 0 Å². The highest BCUT2D eigenvalue weighted by atomic mass is 16.5. The first-order valence-corrected chi connectivity index (χ1v) is 7.53. The maximum absolute atomic E-state index is 5.57. The molecule has 0 saturated carbocycles. The van der Waals surface area contributed by atoms with Gasteiger partial charge in [0.2, 0.25) is 0 Å². The summed E-state index contributed by atoms with van der Waals surface area (Å²) in [7, 11) is 1.53. The van der Waals surface area contributed by atoms with E-state index in [2.05, 4.69) is 42.0 Å². The number of methoxy groups -OCH3 is 1. The highest BCUT2D eigenvalue weighted by Crippen LogP contribution is 2.29. The summed E-state index contributed by atoms with van der Waals surface area (Å²) in [5, 5.41) is 0. The van der Waals surface area contributed by atoms with Gasteiger partial charge in [0.15, 0.2) is 0 Å². The molecule has 4 heteroatoms. The Hall–Kier alpha value is -2.36. The van der Waals surface area contributed by atoms with E-state index in [1.165, 1.54) is 34.9 Å². The van der Waals surface area contributed by atoms with E-state index in [0.29, 0.717) is 6.54 Å². The van der Waals surface area contributed by atoms with Crippen LogP contribution in [-0.4, -0.2) is 24.7 Å². The van der Waals surface area contributed by atoms with Crippen LogP contribution in [-0.2, 0) is 17.6 Å². The smallest absolute Gasteiger partial charge is 0.281 e. The fourth-order valence-corrected chi connectivity index (χ4v) is 2.64. The minimum Gasteiger partial charge on any atom is -0.469 e. The average Bonchev–Trinajstić information content (AvgIpc) is 2.55. The van der Waals surface area contributed by atoms with Gasteiger partial charge < -0.3 is 10.5 Å². The summed E-state index contributed by atoms with van der Waals surface area (Å²) in [6.07, 6.45) is 5.59. The molecule has 2 N–H and O–H groups in total. The van der Waals surface area contributed by atoms with Crippen molar-refractivity contribution in [1.82, 2.24) is 4.98 Å². The monoisotopic (exact) mass is 297 g/mol. The molecule has 0 aliphatic carbocycles. The van der Waals surface area contributed by atoms with E-state index in [0.717, 1.165) is 12.8 Å². The van der Waals surface area contributed by atoms with Crippen LogP contribution in [0.1, 0.15) is 23.6 Å². The molecule has 1 aromatic carbocycles. The van der Waals surface area contributed by atoms with Gasteiger partial charge in [-0.25, -0.2) is 4.99 Å². The van der Waals surface area contributed by atoms with E-state index in [9.17, 15) is 0 Å². The predicted molar refractivity (Wildman–Crippen MR) is 91.0 cm³/mol. The Labute approximate surface area is 132 Å². The van der Waals surface area contributed by atoms with Crippen LogP contribution >= 0.6 is 0 Å². The Morgan fingerprint density at radius 3 is 2.77 bits per heavy atom. The van der Waals surface area contributed by atoms with Crippen molar-refractivity contribution in [2.75, 3.05) is 13.7 Å². The van der Waals surface area contributed by atoms with Crippen molar-refractivity contribution in [3.8, 4) is 11.1 Å². The zero-order valence-electron chi connectivity index (χ0n) is 13.5. The Morgan fingerprint density at radius 1 is 1.27 bits per heavy atom. The Kier molecular flexibility index (Phi) is 5.53. The van der Waals surface area contributed by atoms with Crippen molar-refractivity contribution >= 4 is 6.02 Å². The maximum Gasteiger partial charge on any atom is 0.281 e. The van der Waals surface area contributed by atoms with Gasteiger partial charge in [-0.2, -0.15) is 0 Å². The molecule has 1 aromatic heterocycles. The number of pyridine rings is 1. The normalized spacial score (nSPS) is 11.5. The molecule has 4 nitrogen and oxygen atoms in total. The molecule has 0 aliphatic rings. The van der Waals surface area contributed by atoms with Gasteiger partial charge >= 0.3 is 0 Å². The number of amidine groups is 1. The lowest BCUT2D eigenvalue weighted by Gasteiger charge is -2.14. The van der Waals surface area contributed by atoms with Gasteiger partial charge in [-0.15, -0.1) is 0 Å². The minimum absolute atomic E-state index is 0.234. The van der Waals surface area contributed by atoms with Crippen molar-refractivity contribution in [1.29, 1.82) is 0 Å². The maximum atomic E-state index is 5.57. The number of benzene rings is 1. The number of nitrogens with two attached hydrogens (primary N) is 1. The molecule has 0 aliphatic heterocycles. The summed E-state index contributed by atoms with van der Waals surface area (Å²) in [5.74, 6) is 0. The lowest BCUT2D eigenvalue weighted by atomic mass is 9.91. The number of hydrogen-bond acceptors (Lipinski definition) is 3. The lowest BCUT2D eigenvalue weighted by Crippen LogP contribution is -2.14. The van der Waals surface area contributed by atoms with E-state index in [4.69, 9.17) is 10.5 Å². The van der Waals surface area contributed by atoms with Crippen LogP contribution in [0, 0.1) is 6.92 Å². The van der Waals surface area contributed by atoms with Crippen molar-refractivity contribution in [3.63, 3.8) is 0 Å². The van der Waals surface area contributed by atoms with Gasteiger partial charge in [0.25, 0.3) is 6.02 Å². The molecule has 22 heavy (non-hydrogen) atoms. The van der Waals surface area contributed by atoms with Crippen molar-refractivity contribution in [2.24, 2.45) is 10.7 Å². The van der Waals surface area contributed by atoms with E-state index >= 15 is 0 Å². The van der Waals surface area contributed by atoms with Gasteiger partial charge in [0, 0.05) is 24.5 Å². The molecule has 0 fully saturated rings. The van der Waals surface area contributed by atoms with Crippen LogP contribution in [0.2, 0.25) is 0 Å². The van der Waals surface area contributed by atoms with Gasteiger partial charge in [-0.1, -0.05) is 25.1 Å². The number of aliphatic imine (C=N–C) groups is 1. The SMILES string of the molecule is CCc1c(CCN=C(N)OC)cccc1-c1cnccc1C. The summed E-state index contributed by atoms with van der Waals surface area (Å²) >= 11 is 0. The molecule has 116 valence electrons. The topological polar surface area (TPSA) is 60.5 Å². The largest absolute Gasteiger partial charge is 0.469 e. The van der Waals surface area contributed by atoms with Crippen molar-refractivity contribution < 1.29 is 4.74 Å². The average molecular weight is 297 g/mol. The standard InChI is InChI=1S/C18H23N3O/c1-4-15-14(9-11-21-18(19)22-3)6-5-7-16(15)17-12-20-10-8-13(17)2/h5-8,10,12H,4,9,11H2,1-3H3,(H2,19,21). The van der Waals surface area contributed by atoms with Crippen LogP contribution < -0.4 is 5.73 Å². The lowest BCUT2D eigenvalue weighted by molar-refractivity contribution is 0.394. The number of aryl methyl sites for hydroxylation is 1. The first kappa shape index (κ1) is 16.0. The Bertz CT molecular complexity index is 665. The quantitative estimate of drug-likeness (QED) is 0.681. The number of hydrogen-bond donors (Lipinski definition) is 1. The molecular formula is C18H23N3O. The molecule has 0 spiro atoms. The van der Waals surface area contributed by atoms with Crippen molar-refractivity contribution in [2.45, 2.75) is 26.7 Å². The fourth-order valence-electron chi connectivity index (χ4n) is 2.64. The Balaban J connectivity index is 2.34. The molecule has 2 aromatic rings. The summed E-state index contributed by atoms with van der Waals surface area (Å²) < 4.78 is 4.87. The van der Waals surface area contributed by atoms with Gasteiger partial charge in [0.05, 0.1) is 7.11 Å². The number of nitrogens with zero attached hydrogens (tertiary/aromatic N) is 2. The molecule has 0 saturated heterocycles. The molecule has 0 amide bonds. The van der Waals surface area contributed by atoms with Crippen LogP contribution in [0.3, 0.4) is 0 Å².